The molecule has 0 saturated carbocycles. The highest BCUT2D eigenvalue weighted by Gasteiger charge is 2.11. The van der Waals surface area contributed by atoms with Gasteiger partial charge in [-0.3, -0.25) is 4.90 Å². The van der Waals surface area contributed by atoms with Gasteiger partial charge in [-0.2, -0.15) is 0 Å². The Morgan fingerprint density at radius 2 is 2.19 bits per heavy atom. The lowest BCUT2D eigenvalue weighted by Gasteiger charge is -2.26. The minimum atomic E-state index is -1.07. The summed E-state index contributed by atoms with van der Waals surface area (Å²) in [5.74, 6) is -0.625. The van der Waals surface area contributed by atoms with Gasteiger partial charge in [-0.1, -0.05) is 0 Å². The number of imidazole rings is 1. The van der Waals surface area contributed by atoms with Crippen molar-refractivity contribution in [3.63, 3.8) is 0 Å². The Bertz CT molecular complexity index is 636. The van der Waals surface area contributed by atoms with Crippen LogP contribution in [-0.2, 0) is 4.74 Å². The van der Waals surface area contributed by atoms with Crippen LogP contribution in [0.5, 0.6) is 5.88 Å². The summed E-state index contributed by atoms with van der Waals surface area (Å²) in [6, 6.07) is 3.37. The maximum Gasteiger partial charge on any atom is 0.356 e. The first kappa shape index (κ1) is 13.8. The molecule has 112 valence electrons. The molecule has 0 atom stereocenters. The Kier molecular flexibility index (Phi) is 3.98. The standard InChI is InChI=1S/C13H16N4O4/c18-13(19)10-9-17-11(14-10)1-2-12(15-17)21-8-5-16-3-6-20-7-4-16/h1-2,9H,3-8H2,(H,18,19). The Hall–Kier alpha value is -2.19. The van der Waals surface area contributed by atoms with Crippen LogP contribution >= 0.6 is 0 Å². The molecule has 1 fully saturated rings. The predicted octanol–water partition coefficient (Wildman–Crippen LogP) is 0.138. The van der Waals surface area contributed by atoms with Crippen LogP contribution in [-0.4, -0.2) is 70.0 Å². The molecule has 0 unspecified atom stereocenters. The molecular weight excluding hydrogens is 276 g/mol. The molecule has 0 amide bonds. The van der Waals surface area contributed by atoms with Crippen LogP contribution in [0, 0.1) is 0 Å². The number of aromatic nitrogens is 3. The van der Waals surface area contributed by atoms with Crippen LogP contribution in [0.15, 0.2) is 18.3 Å². The van der Waals surface area contributed by atoms with Gasteiger partial charge in [0.15, 0.2) is 11.3 Å². The lowest BCUT2D eigenvalue weighted by atomic mass is 10.4. The quantitative estimate of drug-likeness (QED) is 0.838. The van der Waals surface area contributed by atoms with Gasteiger partial charge < -0.3 is 14.6 Å². The molecule has 0 radical (unpaired) electrons. The summed E-state index contributed by atoms with van der Waals surface area (Å²) in [5.41, 5.74) is 0.445. The first-order valence-electron chi connectivity index (χ1n) is 6.75. The van der Waals surface area contributed by atoms with E-state index in [4.69, 9.17) is 14.6 Å². The molecule has 0 spiro atoms. The van der Waals surface area contributed by atoms with Gasteiger partial charge >= 0.3 is 5.97 Å². The van der Waals surface area contributed by atoms with E-state index in [1.807, 2.05) is 0 Å². The number of carbonyl (C=O) groups is 1. The summed E-state index contributed by atoms with van der Waals surface area (Å²) >= 11 is 0. The third-order valence-electron chi connectivity index (χ3n) is 3.28. The van der Waals surface area contributed by atoms with Gasteiger partial charge in [-0.25, -0.2) is 14.3 Å². The molecule has 8 nitrogen and oxygen atoms in total. The Morgan fingerprint density at radius 3 is 2.95 bits per heavy atom. The van der Waals surface area contributed by atoms with Gasteiger partial charge in [0, 0.05) is 25.7 Å². The van der Waals surface area contributed by atoms with Crippen LogP contribution in [0.4, 0.5) is 0 Å². The lowest BCUT2D eigenvalue weighted by molar-refractivity contribution is 0.0319. The van der Waals surface area contributed by atoms with Crippen molar-refractivity contribution < 1.29 is 19.4 Å². The molecule has 0 aliphatic carbocycles. The maximum atomic E-state index is 10.9. The highest BCUT2D eigenvalue weighted by Crippen LogP contribution is 2.10. The summed E-state index contributed by atoms with van der Waals surface area (Å²) in [6.07, 6.45) is 1.37. The maximum absolute atomic E-state index is 10.9. The summed E-state index contributed by atoms with van der Waals surface area (Å²) in [6.45, 7) is 4.69. The number of carboxylic acids is 1. The van der Waals surface area contributed by atoms with E-state index < -0.39 is 5.97 Å². The first-order valence-corrected chi connectivity index (χ1v) is 6.75. The average Bonchev–Trinajstić information content (AvgIpc) is 2.92. The van der Waals surface area contributed by atoms with Crippen molar-refractivity contribution >= 4 is 11.6 Å². The molecule has 1 aliphatic heterocycles. The fourth-order valence-electron chi connectivity index (χ4n) is 2.15. The zero-order chi connectivity index (χ0) is 14.7. The molecule has 1 N–H and O–H groups in total. The molecule has 3 heterocycles. The number of nitrogens with zero attached hydrogens (tertiary/aromatic N) is 4. The number of morpholine rings is 1. The molecule has 2 aromatic rings. The molecule has 0 bridgehead atoms. The number of hydrogen-bond acceptors (Lipinski definition) is 6. The van der Waals surface area contributed by atoms with Gasteiger partial charge in [0.25, 0.3) is 0 Å². The molecule has 8 heteroatoms. The van der Waals surface area contributed by atoms with E-state index >= 15 is 0 Å². The van der Waals surface area contributed by atoms with Gasteiger partial charge in [0.05, 0.1) is 19.4 Å². The van der Waals surface area contributed by atoms with Crippen LogP contribution in [0.1, 0.15) is 10.5 Å². The van der Waals surface area contributed by atoms with Gasteiger partial charge in [0.1, 0.15) is 6.61 Å². The van der Waals surface area contributed by atoms with Crippen molar-refractivity contribution in [2.75, 3.05) is 39.5 Å². The van der Waals surface area contributed by atoms with E-state index in [0.717, 1.165) is 32.8 Å². The van der Waals surface area contributed by atoms with Gasteiger partial charge in [-0.15, -0.1) is 5.10 Å². The average molecular weight is 292 g/mol. The number of hydrogen-bond donors (Lipinski definition) is 1. The zero-order valence-corrected chi connectivity index (χ0v) is 11.4. The highest BCUT2D eigenvalue weighted by atomic mass is 16.5. The predicted molar refractivity (Wildman–Crippen MR) is 72.7 cm³/mol. The second kappa shape index (κ2) is 6.06. The minimum Gasteiger partial charge on any atom is -0.476 e. The van der Waals surface area contributed by atoms with Crippen molar-refractivity contribution in [2.45, 2.75) is 0 Å². The summed E-state index contributed by atoms with van der Waals surface area (Å²) in [5, 5.41) is 13.1. The lowest BCUT2D eigenvalue weighted by Crippen LogP contribution is -2.38. The first-order chi connectivity index (χ1) is 10.2. The highest BCUT2D eigenvalue weighted by molar-refractivity contribution is 5.85. The molecule has 1 saturated heterocycles. The van der Waals surface area contributed by atoms with Crippen molar-refractivity contribution in [3.8, 4) is 5.88 Å². The molecule has 1 aliphatic rings. The number of carboxylic acid groups (broad SMARTS) is 1. The minimum absolute atomic E-state index is 0.0343. The summed E-state index contributed by atoms with van der Waals surface area (Å²) in [7, 11) is 0. The third kappa shape index (κ3) is 3.29. The van der Waals surface area contributed by atoms with Crippen LogP contribution in [0.2, 0.25) is 0 Å². The molecule has 2 aromatic heterocycles. The van der Waals surface area contributed by atoms with E-state index in [2.05, 4.69) is 15.0 Å². The van der Waals surface area contributed by atoms with E-state index in [1.165, 1.54) is 10.7 Å². The molecule has 0 aromatic carbocycles. The zero-order valence-electron chi connectivity index (χ0n) is 11.4. The van der Waals surface area contributed by atoms with Gasteiger partial charge in [0.2, 0.25) is 5.88 Å². The second-order valence-corrected chi connectivity index (χ2v) is 4.71. The molecule has 3 rings (SSSR count). The smallest absolute Gasteiger partial charge is 0.356 e. The van der Waals surface area contributed by atoms with Gasteiger partial charge in [-0.05, 0) is 6.07 Å². The Morgan fingerprint density at radius 1 is 1.38 bits per heavy atom. The van der Waals surface area contributed by atoms with Crippen molar-refractivity contribution in [3.05, 3.63) is 24.0 Å². The van der Waals surface area contributed by atoms with Crippen molar-refractivity contribution in [1.82, 2.24) is 19.5 Å². The monoisotopic (exact) mass is 292 g/mol. The van der Waals surface area contributed by atoms with Crippen molar-refractivity contribution in [2.24, 2.45) is 0 Å². The topological polar surface area (TPSA) is 89.2 Å². The SMILES string of the molecule is O=C(O)c1cn2nc(OCCN3CCOCC3)ccc2n1. The fourth-order valence-corrected chi connectivity index (χ4v) is 2.15. The van der Waals surface area contributed by atoms with Crippen LogP contribution in [0.25, 0.3) is 5.65 Å². The normalized spacial score (nSPS) is 16.2. The van der Waals surface area contributed by atoms with Crippen molar-refractivity contribution in [1.29, 1.82) is 0 Å². The summed E-state index contributed by atoms with van der Waals surface area (Å²) < 4.78 is 12.3. The van der Waals surface area contributed by atoms with Crippen LogP contribution in [0.3, 0.4) is 0 Å². The largest absolute Gasteiger partial charge is 0.476 e. The second-order valence-electron chi connectivity index (χ2n) is 4.71. The van der Waals surface area contributed by atoms with Crippen LogP contribution < -0.4 is 4.74 Å². The Balaban J connectivity index is 1.60. The Labute approximate surface area is 120 Å². The fraction of sp³-hybridized carbons (Fsp3) is 0.462. The third-order valence-corrected chi connectivity index (χ3v) is 3.28. The van der Waals surface area contributed by atoms with E-state index in [9.17, 15) is 4.79 Å². The number of aromatic carboxylic acids is 1. The number of rotatable bonds is 5. The molecular formula is C13H16N4O4. The summed E-state index contributed by atoms with van der Waals surface area (Å²) in [4.78, 5) is 17.0. The molecule has 21 heavy (non-hydrogen) atoms. The van der Waals surface area contributed by atoms with E-state index in [1.54, 1.807) is 12.1 Å². The number of fused-ring (bicyclic) bond motifs is 1. The van der Waals surface area contributed by atoms with E-state index in [0.29, 0.717) is 18.1 Å². The van der Waals surface area contributed by atoms with E-state index in [-0.39, 0.29) is 5.69 Å². The number of ether oxygens (including phenoxy) is 2.